The zero-order valence-corrected chi connectivity index (χ0v) is 16.2. The van der Waals surface area contributed by atoms with Gasteiger partial charge in [0.25, 0.3) is 0 Å². The summed E-state index contributed by atoms with van der Waals surface area (Å²) in [7, 11) is 3.25. The van der Waals surface area contributed by atoms with E-state index in [2.05, 4.69) is 14.7 Å². The molecule has 2 aromatic heterocycles. The van der Waals surface area contributed by atoms with Gasteiger partial charge in [-0.15, -0.1) is 0 Å². The fraction of sp³-hybridized carbons (Fsp3) is 0.250. The summed E-state index contributed by atoms with van der Waals surface area (Å²) in [5.41, 5.74) is 9.79. The third kappa shape index (κ3) is 6.10. The number of anilines is 1. The van der Waals surface area contributed by atoms with Gasteiger partial charge in [-0.2, -0.15) is 0 Å². The first-order chi connectivity index (χ1) is 12.6. The third-order valence-electron chi connectivity index (χ3n) is 3.20. The van der Waals surface area contributed by atoms with E-state index in [1.54, 1.807) is 38.7 Å². The Morgan fingerprint density at radius 1 is 1.15 bits per heavy atom. The summed E-state index contributed by atoms with van der Waals surface area (Å²) in [4.78, 5) is 19.3. The van der Waals surface area contributed by atoms with Crippen LogP contribution in [0.1, 0.15) is 35.5 Å². The van der Waals surface area contributed by atoms with Gasteiger partial charge < -0.3 is 10.5 Å². The number of carbonyl (C=O) groups excluding carboxylic acids is 1. The minimum absolute atomic E-state index is 0.570. The third-order valence-corrected chi connectivity index (χ3v) is 3.41. The van der Waals surface area contributed by atoms with Crippen LogP contribution in [0.15, 0.2) is 42.7 Å². The zero-order valence-electron chi connectivity index (χ0n) is 15.5. The SMILES string of the molecule is CC.COC.Nc1cc(Cc2cc(C=O)ccn2)cc2cc(Cl)cnc12. The van der Waals surface area contributed by atoms with Crippen LogP contribution in [0.5, 0.6) is 0 Å². The number of fused-ring (bicyclic) bond motifs is 1. The van der Waals surface area contributed by atoms with Crippen LogP contribution in [0.4, 0.5) is 5.69 Å². The van der Waals surface area contributed by atoms with E-state index < -0.39 is 0 Å². The summed E-state index contributed by atoms with van der Waals surface area (Å²) in [6, 6.07) is 9.13. The van der Waals surface area contributed by atoms with E-state index in [1.165, 1.54) is 0 Å². The fourth-order valence-electron chi connectivity index (χ4n) is 2.29. The number of hydrogen-bond acceptors (Lipinski definition) is 5. The lowest BCUT2D eigenvalue weighted by Crippen LogP contribution is -1.97. The van der Waals surface area contributed by atoms with E-state index in [1.807, 2.05) is 32.0 Å². The monoisotopic (exact) mass is 373 g/mol. The van der Waals surface area contributed by atoms with Crippen molar-refractivity contribution in [2.24, 2.45) is 0 Å². The standard InChI is InChI=1S/C16H12ClN3O.C2H6O.C2H6/c17-13-7-12-3-11(6-15(18)16(12)20-8-13)5-14-4-10(9-21)1-2-19-14;1-3-2;1-2/h1-4,6-9H,5,18H2;1-2H3;1-2H3. The van der Waals surface area contributed by atoms with Crippen LogP contribution in [-0.4, -0.2) is 30.5 Å². The Kier molecular flexibility index (Phi) is 9.26. The number of nitrogens with two attached hydrogens (primary N) is 1. The molecule has 0 unspecified atom stereocenters. The number of methoxy groups -OCH3 is 1. The molecular weight excluding hydrogens is 350 g/mol. The Bertz CT molecular complexity index is 854. The van der Waals surface area contributed by atoms with Crippen molar-refractivity contribution < 1.29 is 9.53 Å². The quantitative estimate of drug-likeness (QED) is 0.538. The Morgan fingerprint density at radius 3 is 2.50 bits per heavy atom. The minimum atomic E-state index is 0.570. The summed E-state index contributed by atoms with van der Waals surface area (Å²) in [5, 5.41) is 1.46. The largest absolute Gasteiger partial charge is 0.397 e. The van der Waals surface area contributed by atoms with Crippen LogP contribution in [0.3, 0.4) is 0 Å². The van der Waals surface area contributed by atoms with Crippen molar-refractivity contribution in [3.05, 3.63) is 64.6 Å². The summed E-state index contributed by atoms with van der Waals surface area (Å²) in [5.74, 6) is 0. The van der Waals surface area contributed by atoms with E-state index in [-0.39, 0.29) is 0 Å². The molecule has 0 aliphatic carbocycles. The number of ether oxygens (including phenoxy) is 1. The van der Waals surface area contributed by atoms with Crippen LogP contribution in [0.25, 0.3) is 10.9 Å². The van der Waals surface area contributed by atoms with Crippen molar-refractivity contribution in [1.82, 2.24) is 9.97 Å². The van der Waals surface area contributed by atoms with Crippen molar-refractivity contribution in [3.63, 3.8) is 0 Å². The topological polar surface area (TPSA) is 78.1 Å². The van der Waals surface area contributed by atoms with E-state index in [0.717, 1.165) is 28.4 Å². The van der Waals surface area contributed by atoms with Crippen LogP contribution in [0, 0.1) is 0 Å². The second-order valence-electron chi connectivity index (χ2n) is 5.19. The molecule has 0 saturated carbocycles. The highest BCUT2D eigenvalue weighted by atomic mass is 35.5. The Morgan fingerprint density at radius 2 is 1.85 bits per heavy atom. The molecule has 0 saturated heterocycles. The van der Waals surface area contributed by atoms with E-state index in [0.29, 0.717) is 22.7 Å². The molecule has 0 aliphatic heterocycles. The summed E-state index contributed by atoms with van der Waals surface area (Å²) in [6.07, 6.45) is 4.61. The van der Waals surface area contributed by atoms with Gasteiger partial charge in [0.1, 0.15) is 6.29 Å². The molecular formula is C20H24ClN3O2. The molecule has 26 heavy (non-hydrogen) atoms. The second kappa shape index (κ2) is 11.2. The van der Waals surface area contributed by atoms with Gasteiger partial charge in [0.05, 0.1) is 16.2 Å². The van der Waals surface area contributed by atoms with Crippen LogP contribution in [-0.2, 0) is 11.2 Å². The van der Waals surface area contributed by atoms with Gasteiger partial charge in [-0.05, 0) is 35.9 Å². The Labute approximate surface area is 159 Å². The molecule has 0 fully saturated rings. The highest BCUT2D eigenvalue weighted by Gasteiger charge is 2.06. The normalized spacial score (nSPS) is 9.58. The molecule has 138 valence electrons. The number of halogens is 1. The lowest BCUT2D eigenvalue weighted by Gasteiger charge is -2.07. The van der Waals surface area contributed by atoms with Crippen molar-refractivity contribution in [3.8, 4) is 0 Å². The van der Waals surface area contributed by atoms with Gasteiger partial charge in [0.2, 0.25) is 0 Å². The molecule has 0 spiro atoms. The number of aromatic nitrogens is 2. The number of hydrogen-bond donors (Lipinski definition) is 1. The molecule has 1 aromatic carbocycles. The zero-order chi connectivity index (χ0) is 19.5. The van der Waals surface area contributed by atoms with E-state index >= 15 is 0 Å². The maximum atomic E-state index is 10.8. The molecule has 5 nitrogen and oxygen atoms in total. The first-order valence-electron chi connectivity index (χ1n) is 8.21. The Balaban J connectivity index is 0.000000615. The van der Waals surface area contributed by atoms with Crippen molar-refractivity contribution in [2.75, 3.05) is 20.0 Å². The van der Waals surface area contributed by atoms with Crippen LogP contribution >= 0.6 is 11.6 Å². The number of nitrogens with zero attached hydrogens (tertiary/aromatic N) is 2. The highest BCUT2D eigenvalue weighted by Crippen LogP contribution is 2.25. The van der Waals surface area contributed by atoms with Crippen molar-refractivity contribution in [2.45, 2.75) is 20.3 Å². The fourth-order valence-corrected chi connectivity index (χ4v) is 2.46. The van der Waals surface area contributed by atoms with Crippen LogP contribution < -0.4 is 5.73 Å². The van der Waals surface area contributed by atoms with Gasteiger partial charge in [0.15, 0.2) is 0 Å². The molecule has 3 aromatic rings. The number of aldehydes is 1. The minimum Gasteiger partial charge on any atom is -0.397 e. The maximum absolute atomic E-state index is 10.8. The molecule has 0 amide bonds. The number of nitrogen functional groups attached to an aromatic ring is 1. The molecule has 2 heterocycles. The lowest BCUT2D eigenvalue weighted by atomic mass is 10.0. The summed E-state index contributed by atoms with van der Waals surface area (Å²) < 4.78 is 4.25. The number of rotatable bonds is 3. The highest BCUT2D eigenvalue weighted by molar-refractivity contribution is 6.31. The maximum Gasteiger partial charge on any atom is 0.150 e. The lowest BCUT2D eigenvalue weighted by molar-refractivity contribution is 0.112. The molecule has 2 N–H and O–H groups in total. The molecule has 0 radical (unpaired) electrons. The first-order valence-corrected chi connectivity index (χ1v) is 8.59. The average molecular weight is 374 g/mol. The summed E-state index contributed by atoms with van der Waals surface area (Å²) >= 11 is 5.97. The van der Waals surface area contributed by atoms with Gasteiger partial charge in [-0.3, -0.25) is 14.8 Å². The van der Waals surface area contributed by atoms with Gasteiger partial charge in [0, 0.05) is 49.7 Å². The van der Waals surface area contributed by atoms with Gasteiger partial charge in [-0.25, -0.2) is 0 Å². The van der Waals surface area contributed by atoms with Gasteiger partial charge in [-0.1, -0.05) is 25.4 Å². The average Bonchev–Trinajstić information content (AvgIpc) is 2.64. The van der Waals surface area contributed by atoms with E-state index in [4.69, 9.17) is 17.3 Å². The molecule has 0 atom stereocenters. The van der Waals surface area contributed by atoms with Crippen molar-refractivity contribution >= 4 is 34.5 Å². The predicted molar refractivity (Wildman–Crippen MR) is 108 cm³/mol. The molecule has 6 heteroatoms. The first kappa shape index (κ1) is 21.5. The number of carbonyl (C=O) groups is 1. The number of pyridine rings is 2. The molecule has 0 aliphatic rings. The molecule has 0 bridgehead atoms. The summed E-state index contributed by atoms with van der Waals surface area (Å²) in [6.45, 7) is 4.00. The van der Waals surface area contributed by atoms with E-state index in [9.17, 15) is 4.79 Å². The predicted octanol–water partition coefficient (Wildman–Crippen LogP) is 4.56. The van der Waals surface area contributed by atoms with Gasteiger partial charge >= 0.3 is 0 Å². The van der Waals surface area contributed by atoms with Crippen molar-refractivity contribution in [1.29, 1.82) is 0 Å². The van der Waals surface area contributed by atoms with Crippen LogP contribution in [0.2, 0.25) is 5.02 Å². The number of benzene rings is 1. The smallest absolute Gasteiger partial charge is 0.150 e. The second-order valence-corrected chi connectivity index (χ2v) is 5.63. The molecule has 3 rings (SSSR count). The Hall–Kier alpha value is -2.50.